The number of carboxylic acids is 1. The Morgan fingerprint density at radius 2 is 2.24 bits per heavy atom. The lowest BCUT2D eigenvalue weighted by atomic mass is 10.2. The Balaban J connectivity index is 2.19. The van der Waals surface area contributed by atoms with Crippen LogP contribution >= 0.6 is 0 Å². The summed E-state index contributed by atoms with van der Waals surface area (Å²) in [5.41, 5.74) is 6.17. The van der Waals surface area contributed by atoms with Gasteiger partial charge in [0.1, 0.15) is 11.7 Å². The van der Waals surface area contributed by atoms with E-state index in [1.165, 1.54) is 17.2 Å². The van der Waals surface area contributed by atoms with Crippen LogP contribution in [0.2, 0.25) is 0 Å². The summed E-state index contributed by atoms with van der Waals surface area (Å²) in [6.45, 7) is 0.460. The zero-order valence-electron chi connectivity index (χ0n) is 9.17. The number of rotatable bonds is 2. The topological polar surface area (TPSA) is 96.5 Å². The molecule has 3 N–H and O–H groups in total. The van der Waals surface area contributed by atoms with Crippen molar-refractivity contribution < 1.29 is 14.7 Å². The van der Waals surface area contributed by atoms with E-state index in [1.807, 2.05) is 0 Å². The van der Waals surface area contributed by atoms with Gasteiger partial charge in [-0.2, -0.15) is 0 Å². The van der Waals surface area contributed by atoms with Crippen molar-refractivity contribution >= 4 is 17.6 Å². The standard InChI is InChI=1S/C11H13N3O3/c12-7-3-4-8(13-6-7)10(15)14-5-1-2-9(14)11(16)17/h3-4,6,9H,1-2,5,12H2,(H,16,17). The van der Waals surface area contributed by atoms with Crippen molar-refractivity contribution in [3.63, 3.8) is 0 Å². The molecule has 1 aliphatic heterocycles. The van der Waals surface area contributed by atoms with E-state index in [1.54, 1.807) is 6.07 Å². The Hall–Kier alpha value is -2.11. The lowest BCUT2D eigenvalue weighted by Gasteiger charge is -2.20. The van der Waals surface area contributed by atoms with E-state index in [2.05, 4.69) is 4.98 Å². The first kappa shape index (κ1) is 11.4. The number of amides is 1. The van der Waals surface area contributed by atoms with Gasteiger partial charge in [-0.25, -0.2) is 9.78 Å². The maximum atomic E-state index is 12.0. The van der Waals surface area contributed by atoms with Gasteiger partial charge in [0.05, 0.1) is 11.9 Å². The summed E-state index contributed by atoms with van der Waals surface area (Å²) in [6, 6.07) is 2.35. The largest absolute Gasteiger partial charge is 0.480 e. The Morgan fingerprint density at radius 1 is 1.47 bits per heavy atom. The molecule has 0 spiro atoms. The maximum absolute atomic E-state index is 12.0. The van der Waals surface area contributed by atoms with Gasteiger partial charge in [-0.3, -0.25) is 4.79 Å². The van der Waals surface area contributed by atoms with Crippen molar-refractivity contribution in [2.75, 3.05) is 12.3 Å². The van der Waals surface area contributed by atoms with Crippen LogP contribution in [0.4, 0.5) is 5.69 Å². The molecule has 6 nitrogen and oxygen atoms in total. The molecule has 1 fully saturated rings. The molecule has 0 aromatic carbocycles. The lowest BCUT2D eigenvalue weighted by Crippen LogP contribution is -2.40. The number of nitrogen functional groups attached to an aromatic ring is 1. The summed E-state index contributed by atoms with van der Waals surface area (Å²) in [6.07, 6.45) is 2.59. The van der Waals surface area contributed by atoms with Crippen LogP contribution in [0.3, 0.4) is 0 Å². The first-order valence-electron chi connectivity index (χ1n) is 5.35. The first-order valence-corrected chi connectivity index (χ1v) is 5.35. The number of carbonyl (C=O) groups is 2. The molecule has 0 aliphatic carbocycles. The third-order valence-electron chi connectivity index (χ3n) is 2.80. The molecule has 0 saturated carbocycles. The van der Waals surface area contributed by atoms with Crippen LogP contribution in [0.1, 0.15) is 23.3 Å². The van der Waals surface area contributed by atoms with E-state index < -0.39 is 12.0 Å². The van der Waals surface area contributed by atoms with Crippen LogP contribution < -0.4 is 5.73 Å². The third-order valence-corrected chi connectivity index (χ3v) is 2.80. The maximum Gasteiger partial charge on any atom is 0.326 e. The minimum atomic E-state index is -0.966. The Labute approximate surface area is 98.1 Å². The fourth-order valence-corrected chi connectivity index (χ4v) is 1.95. The van der Waals surface area contributed by atoms with Gasteiger partial charge in [0.25, 0.3) is 5.91 Å². The van der Waals surface area contributed by atoms with Crippen LogP contribution in [-0.4, -0.2) is 39.5 Å². The summed E-state index contributed by atoms with van der Waals surface area (Å²) in [4.78, 5) is 28.3. The highest BCUT2D eigenvalue weighted by atomic mass is 16.4. The predicted octanol–water partition coefficient (Wildman–Crippen LogP) is 0.353. The number of carboxylic acid groups (broad SMARTS) is 1. The molecule has 2 rings (SSSR count). The van der Waals surface area contributed by atoms with Crippen LogP contribution in [0.25, 0.3) is 0 Å². The zero-order valence-corrected chi connectivity index (χ0v) is 9.17. The normalized spacial score (nSPS) is 19.3. The van der Waals surface area contributed by atoms with Crippen LogP contribution in [0.5, 0.6) is 0 Å². The Bertz CT molecular complexity index is 444. The second-order valence-corrected chi connectivity index (χ2v) is 3.97. The van der Waals surface area contributed by atoms with E-state index in [0.29, 0.717) is 25.1 Å². The van der Waals surface area contributed by atoms with Gasteiger partial charge < -0.3 is 15.7 Å². The molecule has 2 heterocycles. The molecule has 1 saturated heterocycles. The van der Waals surface area contributed by atoms with Gasteiger partial charge in [0, 0.05) is 6.54 Å². The highest BCUT2D eigenvalue weighted by Crippen LogP contribution is 2.19. The fourth-order valence-electron chi connectivity index (χ4n) is 1.95. The SMILES string of the molecule is Nc1ccc(C(=O)N2CCCC2C(=O)O)nc1. The molecule has 17 heavy (non-hydrogen) atoms. The lowest BCUT2D eigenvalue weighted by molar-refractivity contribution is -0.141. The van der Waals surface area contributed by atoms with Crippen molar-refractivity contribution in [1.82, 2.24) is 9.88 Å². The van der Waals surface area contributed by atoms with Crippen molar-refractivity contribution in [3.8, 4) is 0 Å². The fraction of sp³-hybridized carbons (Fsp3) is 0.364. The van der Waals surface area contributed by atoms with Gasteiger partial charge in [-0.15, -0.1) is 0 Å². The molecule has 1 amide bonds. The van der Waals surface area contributed by atoms with Gasteiger partial charge >= 0.3 is 5.97 Å². The van der Waals surface area contributed by atoms with Gasteiger partial charge in [0.2, 0.25) is 0 Å². The number of nitrogens with two attached hydrogens (primary N) is 1. The number of aromatic nitrogens is 1. The van der Waals surface area contributed by atoms with Crippen molar-refractivity contribution in [3.05, 3.63) is 24.0 Å². The number of anilines is 1. The molecular weight excluding hydrogens is 222 g/mol. The molecule has 0 radical (unpaired) electrons. The summed E-state index contributed by atoms with van der Waals surface area (Å²) >= 11 is 0. The van der Waals surface area contributed by atoms with Crippen LogP contribution in [-0.2, 0) is 4.79 Å². The number of likely N-dealkylation sites (tertiary alicyclic amines) is 1. The zero-order chi connectivity index (χ0) is 12.4. The predicted molar refractivity (Wildman–Crippen MR) is 60.3 cm³/mol. The molecular formula is C11H13N3O3. The Kier molecular flexibility index (Phi) is 2.95. The highest BCUT2D eigenvalue weighted by Gasteiger charge is 2.34. The van der Waals surface area contributed by atoms with E-state index in [0.717, 1.165) is 0 Å². The van der Waals surface area contributed by atoms with Crippen molar-refractivity contribution in [1.29, 1.82) is 0 Å². The molecule has 1 aromatic heterocycles. The van der Waals surface area contributed by atoms with Gasteiger partial charge in [0.15, 0.2) is 0 Å². The van der Waals surface area contributed by atoms with E-state index in [9.17, 15) is 9.59 Å². The molecule has 1 atom stereocenters. The second-order valence-electron chi connectivity index (χ2n) is 3.97. The summed E-state index contributed by atoms with van der Waals surface area (Å²) in [5, 5.41) is 8.99. The molecule has 1 aliphatic rings. The molecule has 90 valence electrons. The van der Waals surface area contributed by atoms with Gasteiger partial charge in [-0.05, 0) is 25.0 Å². The highest BCUT2D eigenvalue weighted by molar-refractivity contribution is 5.95. The minimum absolute atomic E-state index is 0.229. The van der Waals surface area contributed by atoms with Gasteiger partial charge in [-0.1, -0.05) is 0 Å². The number of carbonyl (C=O) groups excluding carboxylic acids is 1. The summed E-state index contributed by atoms with van der Waals surface area (Å²) in [5.74, 6) is -1.32. The second kappa shape index (κ2) is 4.40. The minimum Gasteiger partial charge on any atom is -0.480 e. The smallest absolute Gasteiger partial charge is 0.326 e. The monoisotopic (exact) mass is 235 g/mol. The number of hydrogen-bond donors (Lipinski definition) is 2. The average molecular weight is 235 g/mol. The molecule has 6 heteroatoms. The quantitative estimate of drug-likeness (QED) is 0.771. The average Bonchev–Trinajstić information content (AvgIpc) is 2.78. The molecule has 1 aromatic rings. The number of hydrogen-bond acceptors (Lipinski definition) is 4. The molecule has 0 bridgehead atoms. The third kappa shape index (κ3) is 2.20. The Morgan fingerprint density at radius 3 is 2.82 bits per heavy atom. The summed E-state index contributed by atoms with van der Waals surface area (Å²) in [7, 11) is 0. The van der Waals surface area contributed by atoms with E-state index >= 15 is 0 Å². The molecule has 1 unspecified atom stereocenters. The van der Waals surface area contributed by atoms with E-state index in [4.69, 9.17) is 10.8 Å². The number of aliphatic carboxylic acids is 1. The summed E-state index contributed by atoms with van der Waals surface area (Å²) < 4.78 is 0. The number of nitrogens with zero attached hydrogens (tertiary/aromatic N) is 2. The van der Waals surface area contributed by atoms with Crippen LogP contribution in [0, 0.1) is 0 Å². The van der Waals surface area contributed by atoms with E-state index in [-0.39, 0.29) is 11.6 Å². The van der Waals surface area contributed by atoms with Crippen LogP contribution in [0.15, 0.2) is 18.3 Å². The number of pyridine rings is 1. The van der Waals surface area contributed by atoms with Crippen molar-refractivity contribution in [2.24, 2.45) is 0 Å². The van der Waals surface area contributed by atoms with Crippen molar-refractivity contribution in [2.45, 2.75) is 18.9 Å². The first-order chi connectivity index (χ1) is 8.09.